The molecule has 2 aliphatic carbocycles. The lowest BCUT2D eigenvalue weighted by atomic mass is 9.56. The molecule has 4 amide bonds. The van der Waals surface area contributed by atoms with Crippen molar-refractivity contribution in [3.8, 4) is 11.5 Å². The molecule has 4 aliphatic rings. The van der Waals surface area contributed by atoms with Gasteiger partial charge in [0, 0.05) is 11.5 Å². The Morgan fingerprint density at radius 2 is 1.54 bits per heavy atom. The molecular formula is C35H29Cl2FN2O6. The standard InChI is InChI=1S/C35H29Cl2FN2O6/c1-3-18-7-11-20(12-8-18)39-30(42)23-16-15-22-24(27(23)31(39)43)17-34(36)32(44)40(21-13-9-19(38)10-14-21)33(45)35(34,37)29(22)28-25(41)5-4-6-26(28)46-2/h4-15,23-24,27,29,41H,3,16-17H2,1-2H3/t23-,24+,27-,29+,34+,35-/m0/s1. The van der Waals surface area contributed by atoms with Crippen LogP contribution in [0.15, 0.2) is 78.4 Å². The van der Waals surface area contributed by atoms with Crippen molar-refractivity contribution < 1.29 is 33.4 Å². The van der Waals surface area contributed by atoms with Crippen molar-refractivity contribution in [1.29, 1.82) is 0 Å². The zero-order valence-corrected chi connectivity index (χ0v) is 26.4. The van der Waals surface area contributed by atoms with Crippen molar-refractivity contribution >= 4 is 58.2 Å². The van der Waals surface area contributed by atoms with E-state index in [1.165, 1.54) is 30.2 Å². The Kier molecular flexibility index (Phi) is 7.06. The molecule has 8 nitrogen and oxygen atoms in total. The summed E-state index contributed by atoms with van der Waals surface area (Å²) in [7, 11) is 1.39. The van der Waals surface area contributed by atoms with Crippen molar-refractivity contribution in [2.24, 2.45) is 17.8 Å². The number of aryl methyl sites for hydroxylation is 1. The van der Waals surface area contributed by atoms with Crippen LogP contribution in [0.2, 0.25) is 0 Å². The van der Waals surface area contributed by atoms with Gasteiger partial charge in [0.2, 0.25) is 11.8 Å². The topological polar surface area (TPSA) is 104 Å². The molecule has 236 valence electrons. The summed E-state index contributed by atoms with van der Waals surface area (Å²) >= 11 is 14.8. The SMILES string of the molecule is CCc1ccc(N2C(=O)[C@H]3[C@H](CC=C4[C@H]3C[C@@]3(Cl)C(=O)N(c5ccc(F)cc5)C(=O)[C@@]3(Cl)[C@H]4c3c(O)cccc3OC)C2=O)cc1. The van der Waals surface area contributed by atoms with Gasteiger partial charge in [-0.1, -0.05) is 36.8 Å². The van der Waals surface area contributed by atoms with Crippen LogP contribution in [0.4, 0.5) is 15.8 Å². The summed E-state index contributed by atoms with van der Waals surface area (Å²) in [4.78, 5) is 54.7. The molecule has 0 unspecified atom stereocenters. The second-order valence-electron chi connectivity index (χ2n) is 12.2. The van der Waals surface area contributed by atoms with Crippen molar-refractivity contribution in [1.82, 2.24) is 0 Å². The quantitative estimate of drug-likeness (QED) is 0.208. The molecule has 3 aromatic carbocycles. The summed E-state index contributed by atoms with van der Waals surface area (Å²) in [6.45, 7) is 2.01. The lowest BCUT2D eigenvalue weighted by Gasteiger charge is -2.50. The van der Waals surface area contributed by atoms with Crippen molar-refractivity contribution in [2.45, 2.75) is 41.9 Å². The molecule has 0 radical (unpaired) electrons. The molecule has 2 aliphatic heterocycles. The molecule has 3 fully saturated rings. The maximum absolute atomic E-state index is 14.5. The normalized spacial score (nSPS) is 30.2. The van der Waals surface area contributed by atoms with E-state index in [4.69, 9.17) is 27.9 Å². The number of carbonyl (C=O) groups excluding carboxylic acids is 4. The van der Waals surface area contributed by atoms with E-state index in [0.717, 1.165) is 29.0 Å². The fourth-order valence-corrected chi connectivity index (χ4v) is 8.77. The van der Waals surface area contributed by atoms with Crippen LogP contribution in [-0.2, 0) is 25.6 Å². The molecule has 46 heavy (non-hydrogen) atoms. The number of aromatic hydroxyl groups is 1. The van der Waals surface area contributed by atoms with Gasteiger partial charge in [0.1, 0.15) is 17.3 Å². The number of fused-ring (bicyclic) bond motifs is 4. The Morgan fingerprint density at radius 1 is 0.891 bits per heavy atom. The first-order valence-corrected chi connectivity index (χ1v) is 15.8. The van der Waals surface area contributed by atoms with Gasteiger partial charge >= 0.3 is 0 Å². The Labute approximate surface area is 274 Å². The zero-order valence-electron chi connectivity index (χ0n) is 24.9. The summed E-state index contributed by atoms with van der Waals surface area (Å²) in [5.74, 6) is -6.79. The molecule has 0 spiro atoms. The number of alkyl halides is 2. The largest absolute Gasteiger partial charge is 0.508 e. The number of phenols is 1. The maximum Gasteiger partial charge on any atom is 0.258 e. The summed E-state index contributed by atoms with van der Waals surface area (Å²) in [5, 5.41) is 11.3. The van der Waals surface area contributed by atoms with E-state index in [1.807, 2.05) is 19.1 Å². The van der Waals surface area contributed by atoms with Gasteiger partial charge in [0.15, 0.2) is 9.75 Å². The number of phenolic OH excluding ortho intramolecular Hbond substituents is 1. The molecule has 2 saturated heterocycles. The van der Waals surface area contributed by atoms with Gasteiger partial charge in [0.05, 0.1) is 30.3 Å². The molecule has 3 aromatic rings. The van der Waals surface area contributed by atoms with Crippen LogP contribution in [0, 0.1) is 23.6 Å². The number of rotatable bonds is 5. The summed E-state index contributed by atoms with van der Waals surface area (Å²) in [5.41, 5.74) is 2.20. The summed E-state index contributed by atoms with van der Waals surface area (Å²) < 4.78 is 19.5. The van der Waals surface area contributed by atoms with Gasteiger partial charge < -0.3 is 9.84 Å². The minimum Gasteiger partial charge on any atom is -0.508 e. The predicted molar refractivity (Wildman–Crippen MR) is 170 cm³/mol. The molecular weight excluding hydrogens is 634 g/mol. The van der Waals surface area contributed by atoms with E-state index in [9.17, 15) is 28.7 Å². The van der Waals surface area contributed by atoms with Crippen molar-refractivity contribution in [2.75, 3.05) is 16.9 Å². The smallest absolute Gasteiger partial charge is 0.258 e. The highest BCUT2D eigenvalue weighted by atomic mass is 35.5. The number of carbonyl (C=O) groups is 4. The first-order valence-electron chi connectivity index (χ1n) is 15.0. The van der Waals surface area contributed by atoms with E-state index < -0.39 is 57.0 Å². The van der Waals surface area contributed by atoms with Crippen LogP contribution in [-0.4, -0.2) is 45.6 Å². The Morgan fingerprint density at radius 3 is 2.20 bits per heavy atom. The van der Waals surface area contributed by atoms with E-state index in [-0.39, 0.29) is 41.5 Å². The molecule has 1 saturated carbocycles. The predicted octanol–water partition coefficient (Wildman–Crippen LogP) is 5.87. The number of nitrogens with zero attached hydrogens (tertiary/aromatic N) is 2. The van der Waals surface area contributed by atoms with Crippen molar-refractivity contribution in [3.05, 3.63) is 95.3 Å². The monoisotopic (exact) mass is 662 g/mol. The van der Waals surface area contributed by atoms with Gasteiger partial charge in [-0.15, -0.1) is 23.2 Å². The number of ether oxygens (including phenoxy) is 1. The van der Waals surface area contributed by atoms with Gasteiger partial charge in [-0.3, -0.25) is 24.1 Å². The molecule has 0 bridgehead atoms. The lowest BCUT2D eigenvalue weighted by molar-refractivity contribution is -0.125. The molecule has 2 heterocycles. The van der Waals surface area contributed by atoms with Crippen LogP contribution >= 0.6 is 23.2 Å². The number of amides is 4. The third-order valence-electron chi connectivity index (χ3n) is 10.1. The highest BCUT2D eigenvalue weighted by Gasteiger charge is 2.77. The number of hydrogen-bond acceptors (Lipinski definition) is 6. The third-order valence-corrected chi connectivity index (χ3v) is 11.5. The number of imide groups is 2. The van der Waals surface area contributed by atoms with Crippen LogP contribution in [0.5, 0.6) is 11.5 Å². The summed E-state index contributed by atoms with van der Waals surface area (Å²) in [6.07, 6.45) is 2.51. The van der Waals surface area contributed by atoms with E-state index in [1.54, 1.807) is 30.3 Å². The molecule has 1 N–H and O–H groups in total. The van der Waals surface area contributed by atoms with Crippen LogP contribution in [0.1, 0.15) is 36.8 Å². The number of methoxy groups -OCH3 is 1. The zero-order chi connectivity index (χ0) is 32.7. The average molecular weight is 664 g/mol. The second kappa shape index (κ2) is 10.7. The van der Waals surface area contributed by atoms with Gasteiger partial charge in [-0.05, 0) is 79.3 Å². The Bertz CT molecular complexity index is 1850. The summed E-state index contributed by atoms with van der Waals surface area (Å²) in [6, 6.07) is 16.6. The maximum atomic E-state index is 14.5. The minimum absolute atomic E-state index is 0.0671. The fourth-order valence-electron chi connectivity index (χ4n) is 7.85. The van der Waals surface area contributed by atoms with E-state index in [0.29, 0.717) is 11.3 Å². The third kappa shape index (κ3) is 3.97. The Hall–Kier alpha value is -4.21. The number of hydrogen-bond donors (Lipinski definition) is 1. The number of anilines is 2. The highest BCUT2D eigenvalue weighted by Crippen LogP contribution is 2.67. The second-order valence-corrected chi connectivity index (χ2v) is 13.4. The molecule has 11 heteroatoms. The average Bonchev–Trinajstić information content (AvgIpc) is 3.39. The lowest BCUT2D eigenvalue weighted by Crippen LogP contribution is -2.60. The van der Waals surface area contributed by atoms with Crippen LogP contribution < -0.4 is 14.5 Å². The van der Waals surface area contributed by atoms with E-state index in [2.05, 4.69) is 0 Å². The van der Waals surface area contributed by atoms with Gasteiger partial charge in [-0.25, -0.2) is 9.29 Å². The number of benzene rings is 3. The van der Waals surface area contributed by atoms with Gasteiger partial charge in [-0.2, -0.15) is 0 Å². The fraction of sp³-hybridized carbons (Fsp3) is 0.314. The number of halogens is 3. The van der Waals surface area contributed by atoms with Crippen LogP contribution in [0.25, 0.3) is 0 Å². The minimum atomic E-state index is -2.19. The van der Waals surface area contributed by atoms with Crippen LogP contribution in [0.3, 0.4) is 0 Å². The first-order chi connectivity index (χ1) is 22.0. The molecule has 7 rings (SSSR count). The molecule has 6 atom stereocenters. The molecule has 0 aromatic heterocycles. The van der Waals surface area contributed by atoms with Crippen molar-refractivity contribution in [3.63, 3.8) is 0 Å². The first kappa shape index (κ1) is 30.4. The van der Waals surface area contributed by atoms with Gasteiger partial charge in [0.25, 0.3) is 11.8 Å². The Balaban J connectivity index is 1.41. The number of allylic oxidation sites excluding steroid dienone is 2. The van der Waals surface area contributed by atoms with E-state index >= 15 is 0 Å². The highest BCUT2D eigenvalue weighted by molar-refractivity contribution is 6.58.